The molecule has 8 heteroatoms. The largest absolute Gasteiger partial charge is 0.493 e. The van der Waals surface area contributed by atoms with Crippen LogP contribution in [0.2, 0.25) is 0 Å². The van der Waals surface area contributed by atoms with Crippen molar-refractivity contribution in [3.8, 4) is 11.5 Å². The van der Waals surface area contributed by atoms with Crippen LogP contribution in [0.1, 0.15) is 36.4 Å². The molecular formula is C24H38N6O2. The van der Waals surface area contributed by atoms with Crippen LogP contribution in [0.5, 0.6) is 11.5 Å². The minimum absolute atomic E-state index is 0.763. The molecule has 32 heavy (non-hydrogen) atoms. The first-order chi connectivity index (χ1) is 15.5. The van der Waals surface area contributed by atoms with Gasteiger partial charge in [0.05, 0.1) is 19.9 Å². The summed E-state index contributed by atoms with van der Waals surface area (Å²) in [5, 5.41) is 8.27. The standard InChI is InChI=1S/C24H38N6O2/c1-7-20-19(21(8-2)28(4)27-20)16-26-24(25-3)30-13-11-29(12-14-30)17-18-9-10-22(31-5)23(15-18)32-6/h9-10,15H,7-8,11-14,16-17H2,1-6H3,(H,25,26). The average Bonchev–Trinajstić information content (AvgIpc) is 3.14. The maximum Gasteiger partial charge on any atom is 0.194 e. The molecule has 1 N–H and O–H groups in total. The van der Waals surface area contributed by atoms with E-state index in [0.717, 1.165) is 69.6 Å². The number of aliphatic imine (C=N–C) groups is 1. The third kappa shape index (κ3) is 5.35. The second kappa shape index (κ2) is 11.2. The van der Waals surface area contributed by atoms with E-state index in [1.54, 1.807) is 14.2 Å². The van der Waals surface area contributed by atoms with E-state index in [1.165, 1.54) is 22.5 Å². The molecule has 1 aromatic heterocycles. The van der Waals surface area contributed by atoms with E-state index >= 15 is 0 Å². The first-order valence-corrected chi connectivity index (χ1v) is 11.5. The number of nitrogens with zero attached hydrogens (tertiary/aromatic N) is 5. The molecule has 0 atom stereocenters. The number of ether oxygens (including phenoxy) is 2. The third-order valence-electron chi connectivity index (χ3n) is 6.19. The lowest BCUT2D eigenvalue weighted by Gasteiger charge is -2.36. The van der Waals surface area contributed by atoms with Crippen LogP contribution in [0.3, 0.4) is 0 Å². The molecule has 0 saturated carbocycles. The van der Waals surface area contributed by atoms with Crippen LogP contribution in [0.25, 0.3) is 0 Å². The Balaban J connectivity index is 1.56. The van der Waals surface area contributed by atoms with Gasteiger partial charge in [0.1, 0.15) is 0 Å². The Kier molecular flexibility index (Phi) is 8.39. The maximum atomic E-state index is 5.45. The predicted octanol–water partition coefficient (Wildman–Crippen LogP) is 2.46. The van der Waals surface area contributed by atoms with Crippen LogP contribution in [0, 0.1) is 0 Å². The highest BCUT2D eigenvalue weighted by Crippen LogP contribution is 2.28. The summed E-state index contributed by atoms with van der Waals surface area (Å²) in [6, 6.07) is 6.15. The summed E-state index contributed by atoms with van der Waals surface area (Å²) in [4.78, 5) is 9.37. The lowest BCUT2D eigenvalue weighted by Crippen LogP contribution is -2.52. The molecule has 176 valence electrons. The molecule has 0 amide bonds. The molecule has 8 nitrogen and oxygen atoms in total. The van der Waals surface area contributed by atoms with Gasteiger partial charge in [0, 0.05) is 64.6 Å². The molecule has 0 bridgehead atoms. The molecule has 0 spiro atoms. The van der Waals surface area contributed by atoms with Crippen LogP contribution >= 0.6 is 0 Å². The first kappa shape index (κ1) is 23.9. The summed E-state index contributed by atoms with van der Waals surface area (Å²) in [5.41, 5.74) is 5.01. The highest BCUT2D eigenvalue weighted by molar-refractivity contribution is 5.80. The monoisotopic (exact) mass is 442 g/mol. The van der Waals surface area contributed by atoms with Crippen LogP contribution in [-0.4, -0.2) is 73.0 Å². The van der Waals surface area contributed by atoms with Gasteiger partial charge < -0.3 is 19.7 Å². The molecular weight excluding hydrogens is 404 g/mol. The molecule has 0 unspecified atom stereocenters. The fourth-order valence-corrected chi connectivity index (χ4v) is 4.45. The number of aryl methyl sites for hydroxylation is 2. The maximum absolute atomic E-state index is 5.45. The van der Waals surface area contributed by atoms with Crippen molar-refractivity contribution < 1.29 is 9.47 Å². The van der Waals surface area contributed by atoms with E-state index in [-0.39, 0.29) is 0 Å². The summed E-state index contributed by atoms with van der Waals surface area (Å²) in [6.45, 7) is 9.88. The van der Waals surface area contributed by atoms with Crippen molar-refractivity contribution in [1.29, 1.82) is 0 Å². The molecule has 1 aliphatic rings. The Labute approximate surface area is 192 Å². The van der Waals surface area contributed by atoms with Crippen molar-refractivity contribution in [1.82, 2.24) is 24.9 Å². The van der Waals surface area contributed by atoms with Gasteiger partial charge in [0.2, 0.25) is 0 Å². The predicted molar refractivity (Wildman–Crippen MR) is 129 cm³/mol. The van der Waals surface area contributed by atoms with E-state index in [1.807, 2.05) is 24.8 Å². The van der Waals surface area contributed by atoms with Crippen LogP contribution in [0.4, 0.5) is 0 Å². The summed E-state index contributed by atoms with van der Waals surface area (Å²) in [5.74, 6) is 2.51. The van der Waals surface area contributed by atoms with Gasteiger partial charge in [-0.05, 0) is 30.5 Å². The third-order valence-corrected chi connectivity index (χ3v) is 6.19. The van der Waals surface area contributed by atoms with E-state index in [4.69, 9.17) is 9.47 Å². The molecule has 1 fully saturated rings. The molecule has 2 aromatic rings. The van der Waals surface area contributed by atoms with Gasteiger partial charge in [-0.1, -0.05) is 19.9 Å². The number of hydrogen-bond donors (Lipinski definition) is 1. The van der Waals surface area contributed by atoms with Crippen molar-refractivity contribution in [2.24, 2.45) is 12.0 Å². The molecule has 1 saturated heterocycles. The van der Waals surface area contributed by atoms with Gasteiger partial charge in [-0.2, -0.15) is 5.10 Å². The second-order valence-corrected chi connectivity index (χ2v) is 8.06. The average molecular weight is 443 g/mol. The highest BCUT2D eigenvalue weighted by Gasteiger charge is 2.21. The van der Waals surface area contributed by atoms with Crippen molar-refractivity contribution in [3.05, 3.63) is 40.7 Å². The lowest BCUT2D eigenvalue weighted by molar-refractivity contribution is 0.172. The molecule has 1 aromatic carbocycles. The Morgan fingerprint density at radius 1 is 1.06 bits per heavy atom. The zero-order valence-corrected chi connectivity index (χ0v) is 20.4. The fraction of sp³-hybridized carbons (Fsp3) is 0.583. The summed E-state index contributed by atoms with van der Waals surface area (Å²) in [7, 11) is 7.24. The fourth-order valence-electron chi connectivity index (χ4n) is 4.45. The lowest BCUT2D eigenvalue weighted by atomic mass is 10.1. The number of aromatic nitrogens is 2. The Morgan fingerprint density at radius 3 is 2.38 bits per heavy atom. The Hall–Kier alpha value is -2.74. The Bertz CT molecular complexity index is 915. The summed E-state index contributed by atoms with van der Waals surface area (Å²) >= 11 is 0. The number of nitrogens with one attached hydrogen (secondary N) is 1. The van der Waals surface area contributed by atoms with E-state index in [9.17, 15) is 0 Å². The van der Waals surface area contributed by atoms with Gasteiger partial charge in [-0.15, -0.1) is 0 Å². The smallest absolute Gasteiger partial charge is 0.194 e. The number of piperazine rings is 1. The van der Waals surface area contributed by atoms with E-state index in [0.29, 0.717) is 0 Å². The van der Waals surface area contributed by atoms with Crippen molar-refractivity contribution in [2.45, 2.75) is 39.8 Å². The topological polar surface area (TPSA) is 67.2 Å². The highest BCUT2D eigenvalue weighted by atomic mass is 16.5. The van der Waals surface area contributed by atoms with Crippen LogP contribution in [-0.2, 0) is 33.0 Å². The van der Waals surface area contributed by atoms with Gasteiger partial charge >= 0.3 is 0 Å². The Morgan fingerprint density at radius 2 is 1.78 bits per heavy atom. The quantitative estimate of drug-likeness (QED) is 0.500. The van der Waals surface area contributed by atoms with Gasteiger partial charge in [0.25, 0.3) is 0 Å². The van der Waals surface area contributed by atoms with E-state index in [2.05, 4.69) is 51.2 Å². The first-order valence-electron chi connectivity index (χ1n) is 11.5. The second-order valence-electron chi connectivity index (χ2n) is 8.06. The minimum atomic E-state index is 0.763. The SMILES string of the molecule is CCc1nn(C)c(CC)c1CNC(=NC)N1CCN(Cc2ccc(OC)c(OC)c2)CC1. The van der Waals surface area contributed by atoms with Crippen molar-refractivity contribution in [2.75, 3.05) is 47.4 Å². The molecule has 0 radical (unpaired) electrons. The number of methoxy groups -OCH3 is 2. The van der Waals surface area contributed by atoms with Gasteiger partial charge in [-0.25, -0.2) is 0 Å². The molecule has 2 heterocycles. The number of guanidine groups is 1. The number of rotatable bonds is 8. The number of benzene rings is 1. The van der Waals surface area contributed by atoms with E-state index < -0.39 is 0 Å². The molecule has 3 rings (SSSR count). The summed E-state index contributed by atoms with van der Waals surface area (Å²) in [6.07, 6.45) is 1.92. The zero-order valence-electron chi connectivity index (χ0n) is 20.4. The van der Waals surface area contributed by atoms with Crippen LogP contribution < -0.4 is 14.8 Å². The minimum Gasteiger partial charge on any atom is -0.493 e. The number of hydrogen-bond acceptors (Lipinski definition) is 5. The molecule has 0 aliphatic carbocycles. The van der Waals surface area contributed by atoms with Crippen molar-refractivity contribution in [3.63, 3.8) is 0 Å². The normalized spacial score (nSPS) is 15.2. The molecule has 1 aliphatic heterocycles. The zero-order chi connectivity index (χ0) is 23.1. The summed E-state index contributed by atoms with van der Waals surface area (Å²) < 4.78 is 12.8. The van der Waals surface area contributed by atoms with Crippen LogP contribution in [0.15, 0.2) is 23.2 Å². The van der Waals surface area contributed by atoms with Gasteiger partial charge in [0.15, 0.2) is 17.5 Å². The van der Waals surface area contributed by atoms with Crippen molar-refractivity contribution >= 4 is 5.96 Å². The van der Waals surface area contributed by atoms with Gasteiger partial charge in [-0.3, -0.25) is 14.6 Å².